The van der Waals surface area contributed by atoms with Crippen LogP contribution in [0.1, 0.15) is 26.7 Å². The number of halogens is 1. The van der Waals surface area contributed by atoms with Crippen LogP contribution < -0.4 is 21.9 Å². The molecule has 10 nitrogen and oxygen atoms in total. The first-order valence-corrected chi connectivity index (χ1v) is 12.2. The molecule has 2 aromatic rings. The van der Waals surface area contributed by atoms with Crippen LogP contribution in [0.4, 0.5) is 5.69 Å². The van der Waals surface area contributed by atoms with Crippen LogP contribution in [-0.2, 0) is 22.6 Å². The van der Waals surface area contributed by atoms with Gasteiger partial charge < -0.3 is 20.5 Å². The molecule has 3 N–H and O–H groups in total. The number of ether oxygens (including phenoxy) is 1. The van der Waals surface area contributed by atoms with E-state index in [2.05, 4.69) is 10.6 Å². The van der Waals surface area contributed by atoms with Gasteiger partial charge in [0.05, 0.1) is 30.1 Å². The van der Waals surface area contributed by atoms with Gasteiger partial charge in [-0.3, -0.25) is 18.7 Å². The molecule has 198 valence electrons. The number of carbonyl (C=O) groups excluding carboxylic acids is 1. The van der Waals surface area contributed by atoms with Gasteiger partial charge in [-0.05, 0) is 55.7 Å². The Morgan fingerprint density at radius 2 is 2.08 bits per heavy atom. The predicted octanol–water partition coefficient (Wildman–Crippen LogP) is 2.81. The van der Waals surface area contributed by atoms with Crippen LogP contribution in [0.3, 0.4) is 0 Å². The van der Waals surface area contributed by atoms with E-state index in [0.717, 1.165) is 4.57 Å². The van der Waals surface area contributed by atoms with Crippen molar-refractivity contribution in [1.82, 2.24) is 14.5 Å². The highest BCUT2D eigenvalue weighted by Crippen LogP contribution is 2.18. The molecule has 0 fully saturated rings. The molecule has 2 atom stereocenters. The zero-order valence-electron chi connectivity index (χ0n) is 21.1. The standard InChI is InChI=1S/C26H32ClN5O5/c1-4-31-25(35)21-17-20(8-9-22(21)32(26(31)36)13-14-37-3)30-24(34)16-18(2)15-23(33)29-19(10-11-27)7-5-6-12-28/h5-11,17-18,23,29,33H,4,13-16H2,1-3H3,(H,30,34)/b6-5+,11-10+,19-7+. The second-order valence-corrected chi connectivity index (χ2v) is 8.62. The molecule has 0 saturated carbocycles. The Hall–Kier alpha value is -3.65. The summed E-state index contributed by atoms with van der Waals surface area (Å²) in [5, 5.41) is 24.9. The molecule has 1 aromatic heterocycles. The SMILES string of the molecule is CCn1c(=O)c2cc(NC(=O)CC(C)CC(O)NC(/C=C/Cl)=C/C=C/C#N)ccc2n(CCOC)c1=O. The number of aliphatic hydroxyl groups excluding tert-OH is 1. The molecule has 0 bridgehead atoms. The molecule has 0 spiro atoms. The maximum absolute atomic E-state index is 12.9. The van der Waals surface area contributed by atoms with E-state index in [9.17, 15) is 19.5 Å². The fourth-order valence-electron chi connectivity index (χ4n) is 3.84. The number of nitriles is 1. The maximum atomic E-state index is 12.9. The Balaban J connectivity index is 2.12. The number of methoxy groups -OCH3 is 1. The van der Waals surface area contributed by atoms with Crippen LogP contribution in [0.5, 0.6) is 0 Å². The molecule has 1 aromatic carbocycles. The van der Waals surface area contributed by atoms with Crippen molar-refractivity contribution in [3.05, 3.63) is 74.6 Å². The zero-order chi connectivity index (χ0) is 27.4. The number of aliphatic hydroxyl groups is 1. The largest absolute Gasteiger partial charge is 0.383 e. The Labute approximate surface area is 220 Å². The number of hydrogen-bond acceptors (Lipinski definition) is 7. The minimum absolute atomic E-state index is 0.127. The summed E-state index contributed by atoms with van der Waals surface area (Å²) in [6.45, 7) is 4.37. The predicted molar refractivity (Wildman–Crippen MR) is 144 cm³/mol. The molecule has 1 amide bonds. The van der Waals surface area contributed by atoms with Crippen LogP contribution in [0, 0.1) is 17.2 Å². The van der Waals surface area contributed by atoms with Gasteiger partial charge in [0, 0.05) is 43.1 Å². The fraction of sp³-hybridized carbons (Fsp3) is 0.385. The maximum Gasteiger partial charge on any atom is 0.331 e. The summed E-state index contributed by atoms with van der Waals surface area (Å²) in [6.07, 6.45) is 5.36. The van der Waals surface area contributed by atoms with Crippen LogP contribution >= 0.6 is 11.6 Å². The average molecular weight is 530 g/mol. The molecule has 2 unspecified atom stereocenters. The van der Waals surface area contributed by atoms with Crippen LogP contribution in [0.15, 0.2) is 63.3 Å². The first-order valence-electron chi connectivity index (χ1n) is 11.8. The lowest BCUT2D eigenvalue weighted by atomic mass is 10.0. The second-order valence-electron chi connectivity index (χ2n) is 8.36. The summed E-state index contributed by atoms with van der Waals surface area (Å²) in [5.41, 5.74) is 1.85. The van der Waals surface area contributed by atoms with E-state index in [0.29, 0.717) is 28.9 Å². The lowest BCUT2D eigenvalue weighted by Gasteiger charge is -2.19. The number of amides is 1. The van der Waals surface area contributed by atoms with Crippen molar-refractivity contribution in [3.8, 4) is 6.07 Å². The van der Waals surface area contributed by atoms with Crippen LogP contribution in [-0.4, -0.2) is 40.1 Å². The Morgan fingerprint density at radius 1 is 1.32 bits per heavy atom. The van der Waals surface area contributed by atoms with Crippen molar-refractivity contribution in [2.45, 2.75) is 46.0 Å². The summed E-state index contributed by atoms with van der Waals surface area (Å²) in [7, 11) is 1.54. The lowest BCUT2D eigenvalue weighted by molar-refractivity contribution is -0.117. The van der Waals surface area contributed by atoms with Crippen molar-refractivity contribution in [3.63, 3.8) is 0 Å². The zero-order valence-corrected chi connectivity index (χ0v) is 21.9. The summed E-state index contributed by atoms with van der Waals surface area (Å²) < 4.78 is 7.74. The van der Waals surface area contributed by atoms with Gasteiger partial charge in [0.1, 0.15) is 6.23 Å². The highest BCUT2D eigenvalue weighted by Gasteiger charge is 2.16. The topological polar surface area (TPSA) is 138 Å². The third kappa shape index (κ3) is 8.46. The van der Waals surface area contributed by atoms with Gasteiger partial charge in [0.25, 0.3) is 5.56 Å². The van der Waals surface area contributed by atoms with Crippen molar-refractivity contribution < 1.29 is 14.6 Å². The summed E-state index contributed by atoms with van der Waals surface area (Å²) >= 11 is 5.62. The number of hydrogen-bond donors (Lipinski definition) is 3. The third-order valence-electron chi connectivity index (χ3n) is 5.53. The molecule has 0 aliphatic carbocycles. The quantitative estimate of drug-likeness (QED) is 0.206. The Bertz CT molecular complexity index is 1340. The highest BCUT2D eigenvalue weighted by molar-refractivity contribution is 6.25. The number of fused-ring (bicyclic) bond motifs is 1. The molecule has 0 saturated heterocycles. The van der Waals surface area contributed by atoms with Gasteiger partial charge in [-0.15, -0.1) is 0 Å². The van der Waals surface area contributed by atoms with E-state index in [1.165, 1.54) is 35.4 Å². The molecule has 11 heteroatoms. The Kier molecular flexibility index (Phi) is 11.8. The minimum atomic E-state index is -0.950. The minimum Gasteiger partial charge on any atom is -0.383 e. The van der Waals surface area contributed by atoms with Gasteiger partial charge in [0.2, 0.25) is 5.91 Å². The molecular formula is C26H32ClN5O5. The average Bonchev–Trinajstić information content (AvgIpc) is 2.84. The van der Waals surface area contributed by atoms with E-state index in [4.69, 9.17) is 21.6 Å². The second kappa shape index (κ2) is 14.8. The molecule has 0 aliphatic rings. The number of allylic oxidation sites excluding steroid dienone is 4. The monoisotopic (exact) mass is 529 g/mol. The van der Waals surface area contributed by atoms with Crippen molar-refractivity contribution in [1.29, 1.82) is 5.26 Å². The smallest absolute Gasteiger partial charge is 0.331 e. The highest BCUT2D eigenvalue weighted by atomic mass is 35.5. The molecule has 37 heavy (non-hydrogen) atoms. The first kappa shape index (κ1) is 29.6. The van der Waals surface area contributed by atoms with Crippen molar-refractivity contribution in [2.75, 3.05) is 19.0 Å². The summed E-state index contributed by atoms with van der Waals surface area (Å²) in [5.74, 6) is -0.466. The number of aromatic nitrogens is 2. The van der Waals surface area contributed by atoms with Crippen LogP contribution in [0.2, 0.25) is 0 Å². The van der Waals surface area contributed by atoms with E-state index >= 15 is 0 Å². The fourth-order valence-corrected chi connectivity index (χ4v) is 3.97. The Morgan fingerprint density at radius 3 is 2.73 bits per heavy atom. The molecule has 0 aliphatic heterocycles. The van der Waals surface area contributed by atoms with Gasteiger partial charge in [-0.2, -0.15) is 5.26 Å². The molecule has 1 heterocycles. The molecule has 0 radical (unpaired) electrons. The third-order valence-corrected chi connectivity index (χ3v) is 5.65. The molecular weight excluding hydrogens is 498 g/mol. The number of rotatable bonds is 13. The first-order chi connectivity index (χ1) is 17.7. The van der Waals surface area contributed by atoms with E-state index in [1.807, 2.05) is 13.0 Å². The number of nitrogens with one attached hydrogen (secondary N) is 2. The number of anilines is 1. The van der Waals surface area contributed by atoms with Crippen molar-refractivity contribution >= 4 is 34.1 Å². The van der Waals surface area contributed by atoms with Crippen LogP contribution in [0.25, 0.3) is 10.9 Å². The summed E-state index contributed by atoms with van der Waals surface area (Å²) in [6, 6.07) is 6.71. The van der Waals surface area contributed by atoms with Gasteiger partial charge in [-0.25, -0.2) is 4.79 Å². The van der Waals surface area contributed by atoms with Gasteiger partial charge >= 0.3 is 5.69 Å². The van der Waals surface area contributed by atoms with Gasteiger partial charge in [-0.1, -0.05) is 18.5 Å². The van der Waals surface area contributed by atoms with E-state index in [1.54, 1.807) is 31.2 Å². The molecule has 2 rings (SSSR count). The number of nitrogens with zero attached hydrogens (tertiary/aromatic N) is 3. The number of benzene rings is 1. The van der Waals surface area contributed by atoms with E-state index < -0.39 is 17.5 Å². The lowest BCUT2D eigenvalue weighted by Crippen LogP contribution is -2.40. The van der Waals surface area contributed by atoms with Crippen molar-refractivity contribution in [2.24, 2.45) is 5.92 Å². The number of carbonyl (C=O) groups is 1. The van der Waals surface area contributed by atoms with E-state index in [-0.39, 0.29) is 37.8 Å². The summed E-state index contributed by atoms with van der Waals surface area (Å²) in [4.78, 5) is 38.3. The normalized spacial score (nSPS) is 13.7. The van der Waals surface area contributed by atoms with Gasteiger partial charge in [0.15, 0.2) is 0 Å².